The van der Waals surface area contributed by atoms with Crippen molar-refractivity contribution in [2.45, 2.75) is 50.6 Å². The lowest BCUT2D eigenvalue weighted by atomic mass is 9.95. The molecule has 2 aromatic carbocycles. The maximum atomic E-state index is 13.3. The molecule has 7 nitrogen and oxygen atoms in total. The molecule has 0 unspecified atom stereocenters. The summed E-state index contributed by atoms with van der Waals surface area (Å²) in [7, 11) is -3.92. The highest BCUT2D eigenvalue weighted by atomic mass is 32.2. The van der Waals surface area contributed by atoms with Crippen molar-refractivity contribution in [2.75, 3.05) is 19.6 Å². The van der Waals surface area contributed by atoms with Crippen molar-refractivity contribution in [3.05, 3.63) is 65.7 Å². The van der Waals surface area contributed by atoms with E-state index in [1.54, 1.807) is 19.1 Å². The molecule has 2 aromatic rings. The molecule has 0 aliphatic carbocycles. The van der Waals surface area contributed by atoms with E-state index >= 15 is 0 Å². The number of benzene rings is 2. The maximum Gasteiger partial charge on any atom is 0.247 e. The summed E-state index contributed by atoms with van der Waals surface area (Å²) in [4.78, 5) is 28.1. The van der Waals surface area contributed by atoms with Crippen LogP contribution >= 0.6 is 0 Å². The van der Waals surface area contributed by atoms with E-state index in [9.17, 15) is 18.0 Å². The Balaban J connectivity index is 1.88. The molecule has 1 aliphatic rings. The van der Waals surface area contributed by atoms with Crippen LogP contribution in [0.4, 0.5) is 0 Å². The van der Waals surface area contributed by atoms with Gasteiger partial charge in [0.1, 0.15) is 5.54 Å². The third-order valence-corrected chi connectivity index (χ3v) is 7.68. The van der Waals surface area contributed by atoms with Gasteiger partial charge in [0.05, 0.1) is 11.4 Å². The van der Waals surface area contributed by atoms with Crippen molar-refractivity contribution in [1.29, 1.82) is 0 Å². The average molecular weight is 458 g/mol. The standard InChI is InChI=1S/C24H31N3O4S/c1-4-5-15-27-22(28)17-26(32(30,31)21-13-11-19(2)12-14-21)18-24(27,3)23(29)25-16-20-9-7-6-8-10-20/h6-14H,4-5,15-18H2,1-3H3,(H,25,29)/t24-/m1/s1. The van der Waals surface area contributed by atoms with Crippen molar-refractivity contribution < 1.29 is 18.0 Å². The molecule has 172 valence electrons. The summed E-state index contributed by atoms with van der Waals surface area (Å²) < 4.78 is 27.7. The summed E-state index contributed by atoms with van der Waals surface area (Å²) >= 11 is 0. The number of sulfonamides is 1. The lowest BCUT2D eigenvalue weighted by Crippen LogP contribution is -2.69. The lowest BCUT2D eigenvalue weighted by Gasteiger charge is -2.46. The van der Waals surface area contributed by atoms with Gasteiger partial charge >= 0.3 is 0 Å². The zero-order chi connectivity index (χ0) is 23.4. The topological polar surface area (TPSA) is 86.8 Å². The Bertz CT molecular complexity index is 1050. The molecule has 1 aliphatic heterocycles. The zero-order valence-corrected chi connectivity index (χ0v) is 19.7. The molecule has 1 fully saturated rings. The van der Waals surface area contributed by atoms with E-state index in [1.807, 2.05) is 44.2 Å². The molecule has 0 spiro atoms. The Morgan fingerprint density at radius 2 is 1.75 bits per heavy atom. The number of aryl methyl sites for hydroxylation is 1. The molecule has 32 heavy (non-hydrogen) atoms. The normalized spacial score (nSPS) is 19.7. The van der Waals surface area contributed by atoms with Gasteiger partial charge in [-0.2, -0.15) is 4.31 Å². The molecular formula is C24H31N3O4S. The lowest BCUT2D eigenvalue weighted by molar-refractivity contribution is -0.152. The van der Waals surface area contributed by atoms with E-state index in [-0.39, 0.29) is 29.8 Å². The Labute approximate surface area is 190 Å². The van der Waals surface area contributed by atoms with E-state index in [4.69, 9.17) is 0 Å². The number of nitrogens with zero attached hydrogens (tertiary/aromatic N) is 2. The molecule has 1 saturated heterocycles. The molecule has 2 amide bonds. The van der Waals surface area contributed by atoms with Crippen LogP contribution in [0.5, 0.6) is 0 Å². The van der Waals surface area contributed by atoms with Gasteiger partial charge in [-0.15, -0.1) is 0 Å². The van der Waals surface area contributed by atoms with Gasteiger partial charge in [0.15, 0.2) is 0 Å². The Kier molecular flexibility index (Phi) is 7.36. The van der Waals surface area contributed by atoms with Crippen LogP contribution in [0, 0.1) is 6.92 Å². The van der Waals surface area contributed by atoms with Crippen LogP contribution in [0.3, 0.4) is 0 Å². The first kappa shape index (κ1) is 23.9. The summed E-state index contributed by atoms with van der Waals surface area (Å²) in [6, 6.07) is 16.0. The van der Waals surface area contributed by atoms with E-state index in [0.717, 1.165) is 28.3 Å². The molecule has 1 N–H and O–H groups in total. The third kappa shape index (κ3) is 5.02. The molecule has 0 radical (unpaired) electrons. The highest BCUT2D eigenvalue weighted by Crippen LogP contribution is 2.28. The first-order chi connectivity index (χ1) is 15.2. The first-order valence-corrected chi connectivity index (χ1v) is 12.3. The van der Waals surface area contributed by atoms with Crippen molar-refractivity contribution in [3.63, 3.8) is 0 Å². The first-order valence-electron chi connectivity index (χ1n) is 10.9. The number of hydrogen-bond donors (Lipinski definition) is 1. The smallest absolute Gasteiger partial charge is 0.247 e. The number of piperazine rings is 1. The zero-order valence-electron chi connectivity index (χ0n) is 18.9. The van der Waals surface area contributed by atoms with Gasteiger partial charge in [-0.25, -0.2) is 8.42 Å². The Morgan fingerprint density at radius 1 is 1.09 bits per heavy atom. The maximum absolute atomic E-state index is 13.3. The second-order valence-electron chi connectivity index (χ2n) is 8.43. The van der Waals surface area contributed by atoms with Gasteiger partial charge in [0, 0.05) is 19.6 Å². The second-order valence-corrected chi connectivity index (χ2v) is 10.4. The van der Waals surface area contributed by atoms with Gasteiger partial charge in [-0.3, -0.25) is 9.59 Å². The summed E-state index contributed by atoms with van der Waals surface area (Å²) in [6.07, 6.45) is 1.59. The Hall–Kier alpha value is -2.71. The molecule has 1 atom stereocenters. The second kappa shape index (κ2) is 9.83. The predicted molar refractivity (Wildman–Crippen MR) is 123 cm³/mol. The number of hydrogen-bond acceptors (Lipinski definition) is 4. The SMILES string of the molecule is CCCCN1C(=O)CN(S(=O)(=O)c2ccc(C)cc2)C[C@]1(C)C(=O)NCc1ccccc1. The van der Waals surface area contributed by atoms with Crippen LogP contribution in [0.1, 0.15) is 37.8 Å². The van der Waals surface area contributed by atoms with Crippen molar-refractivity contribution in [3.8, 4) is 0 Å². The van der Waals surface area contributed by atoms with E-state index in [1.165, 1.54) is 17.0 Å². The quantitative estimate of drug-likeness (QED) is 0.660. The fraction of sp³-hybridized carbons (Fsp3) is 0.417. The molecule has 0 saturated carbocycles. The van der Waals surface area contributed by atoms with Crippen molar-refractivity contribution in [1.82, 2.24) is 14.5 Å². The number of carbonyl (C=O) groups is 2. The van der Waals surface area contributed by atoms with Crippen LogP contribution in [-0.4, -0.2) is 54.6 Å². The summed E-state index contributed by atoms with van der Waals surface area (Å²) in [6.45, 7) is 5.87. The van der Waals surface area contributed by atoms with E-state index in [0.29, 0.717) is 13.1 Å². The number of carbonyl (C=O) groups excluding carboxylic acids is 2. The summed E-state index contributed by atoms with van der Waals surface area (Å²) in [5.74, 6) is -0.729. The highest BCUT2D eigenvalue weighted by molar-refractivity contribution is 7.89. The fourth-order valence-electron chi connectivity index (χ4n) is 3.88. The minimum atomic E-state index is -3.92. The number of rotatable bonds is 8. The predicted octanol–water partition coefficient (Wildman–Crippen LogP) is 2.70. The molecule has 3 rings (SSSR count). The Morgan fingerprint density at radius 3 is 2.38 bits per heavy atom. The monoisotopic (exact) mass is 457 g/mol. The van der Waals surface area contributed by atoms with Gasteiger partial charge in [-0.05, 0) is 38.0 Å². The third-order valence-electron chi connectivity index (χ3n) is 5.87. The molecule has 8 heteroatoms. The highest BCUT2D eigenvalue weighted by Gasteiger charge is 2.50. The number of nitrogens with one attached hydrogen (secondary N) is 1. The van der Waals surface area contributed by atoms with E-state index in [2.05, 4.69) is 5.32 Å². The van der Waals surface area contributed by atoms with Crippen LogP contribution in [0.15, 0.2) is 59.5 Å². The van der Waals surface area contributed by atoms with E-state index < -0.39 is 15.6 Å². The molecule has 1 heterocycles. The molecule has 0 bridgehead atoms. The van der Waals surface area contributed by atoms with Gasteiger partial charge < -0.3 is 10.2 Å². The average Bonchev–Trinajstić information content (AvgIpc) is 2.77. The largest absolute Gasteiger partial charge is 0.350 e. The molecular weight excluding hydrogens is 426 g/mol. The minimum absolute atomic E-state index is 0.0979. The van der Waals surface area contributed by atoms with Crippen LogP contribution in [-0.2, 0) is 26.2 Å². The van der Waals surface area contributed by atoms with Crippen LogP contribution in [0.2, 0.25) is 0 Å². The van der Waals surface area contributed by atoms with Gasteiger partial charge in [0.25, 0.3) is 0 Å². The summed E-state index contributed by atoms with van der Waals surface area (Å²) in [5.41, 5.74) is 0.558. The van der Waals surface area contributed by atoms with Crippen molar-refractivity contribution >= 4 is 21.8 Å². The number of unbranched alkanes of at least 4 members (excludes halogenated alkanes) is 1. The van der Waals surface area contributed by atoms with Gasteiger partial charge in [-0.1, -0.05) is 61.4 Å². The van der Waals surface area contributed by atoms with Crippen LogP contribution in [0.25, 0.3) is 0 Å². The fourth-order valence-corrected chi connectivity index (χ4v) is 5.36. The van der Waals surface area contributed by atoms with Crippen molar-refractivity contribution in [2.24, 2.45) is 0 Å². The number of amides is 2. The minimum Gasteiger partial charge on any atom is -0.350 e. The summed E-state index contributed by atoms with van der Waals surface area (Å²) in [5, 5.41) is 2.90. The molecule has 0 aromatic heterocycles. The van der Waals surface area contributed by atoms with Crippen LogP contribution < -0.4 is 5.32 Å². The van der Waals surface area contributed by atoms with Gasteiger partial charge in [0.2, 0.25) is 21.8 Å².